The van der Waals surface area contributed by atoms with E-state index in [1.54, 1.807) is 48.5 Å². The molecule has 1 aliphatic rings. The van der Waals surface area contributed by atoms with Crippen molar-refractivity contribution in [1.82, 2.24) is 4.90 Å². The standard InChI is InChI=1S/C17H29F2NO5/c1-15(2,3)24-12(21)17(7)8-11(10-23-13(18)19)9-20(17)14(22)25-16(4,5)6/h11,13H,8-10H2,1-7H3. The number of halogens is 2. The highest BCUT2D eigenvalue weighted by Gasteiger charge is 2.53. The van der Waals surface area contributed by atoms with E-state index in [-0.39, 0.29) is 19.6 Å². The number of carbonyl (C=O) groups is 2. The number of hydrogen-bond acceptors (Lipinski definition) is 5. The van der Waals surface area contributed by atoms with E-state index in [0.29, 0.717) is 0 Å². The van der Waals surface area contributed by atoms with Crippen LogP contribution in [0.25, 0.3) is 0 Å². The smallest absolute Gasteiger partial charge is 0.411 e. The second-order valence-electron chi connectivity index (χ2n) is 8.53. The summed E-state index contributed by atoms with van der Waals surface area (Å²) in [7, 11) is 0. The molecule has 6 nitrogen and oxygen atoms in total. The number of amides is 1. The molecule has 1 heterocycles. The second kappa shape index (κ2) is 7.43. The van der Waals surface area contributed by atoms with Crippen LogP contribution in [0.1, 0.15) is 54.9 Å². The predicted molar refractivity (Wildman–Crippen MR) is 87.3 cm³/mol. The molecule has 1 aliphatic heterocycles. The van der Waals surface area contributed by atoms with Crippen molar-refractivity contribution in [3.05, 3.63) is 0 Å². The summed E-state index contributed by atoms with van der Waals surface area (Å²) in [5.41, 5.74) is -2.79. The maximum absolute atomic E-state index is 12.7. The van der Waals surface area contributed by atoms with Crippen LogP contribution in [0, 0.1) is 5.92 Å². The molecule has 0 bridgehead atoms. The molecule has 0 N–H and O–H groups in total. The van der Waals surface area contributed by atoms with Crippen LogP contribution in [0.15, 0.2) is 0 Å². The lowest BCUT2D eigenvalue weighted by molar-refractivity contribution is -0.166. The van der Waals surface area contributed by atoms with Crippen molar-refractivity contribution < 1.29 is 32.6 Å². The molecule has 0 aromatic heterocycles. The molecule has 0 spiro atoms. The van der Waals surface area contributed by atoms with Gasteiger partial charge in [0.1, 0.15) is 16.7 Å². The normalized spacial score (nSPS) is 24.6. The highest BCUT2D eigenvalue weighted by molar-refractivity contribution is 5.86. The number of alkyl halides is 2. The first-order chi connectivity index (χ1) is 11.1. The fourth-order valence-corrected chi connectivity index (χ4v) is 2.69. The third-order valence-electron chi connectivity index (χ3n) is 3.63. The van der Waals surface area contributed by atoms with E-state index in [2.05, 4.69) is 4.74 Å². The van der Waals surface area contributed by atoms with Gasteiger partial charge in [0.2, 0.25) is 0 Å². The molecular weight excluding hydrogens is 336 g/mol. The number of nitrogens with zero attached hydrogens (tertiary/aromatic N) is 1. The van der Waals surface area contributed by atoms with Gasteiger partial charge < -0.3 is 14.2 Å². The van der Waals surface area contributed by atoms with E-state index in [9.17, 15) is 18.4 Å². The Morgan fingerprint density at radius 1 is 1.12 bits per heavy atom. The van der Waals surface area contributed by atoms with E-state index in [4.69, 9.17) is 9.47 Å². The molecule has 2 atom stereocenters. The van der Waals surface area contributed by atoms with Gasteiger partial charge in [-0.05, 0) is 54.9 Å². The molecule has 1 saturated heterocycles. The molecule has 1 fully saturated rings. The van der Waals surface area contributed by atoms with Crippen LogP contribution in [0.5, 0.6) is 0 Å². The molecule has 0 radical (unpaired) electrons. The van der Waals surface area contributed by atoms with Crippen molar-refractivity contribution in [1.29, 1.82) is 0 Å². The molecule has 1 amide bonds. The van der Waals surface area contributed by atoms with Gasteiger partial charge in [-0.15, -0.1) is 0 Å². The zero-order valence-corrected chi connectivity index (χ0v) is 16.0. The molecule has 8 heteroatoms. The maximum Gasteiger partial charge on any atom is 0.411 e. The molecule has 0 aliphatic carbocycles. The first kappa shape index (κ1) is 21.6. The number of hydrogen-bond donors (Lipinski definition) is 0. The Balaban J connectivity index is 3.01. The number of ether oxygens (including phenoxy) is 3. The van der Waals surface area contributed by atoms with Crippen molar-refractivity contribution in [2.24, 2.45) is 5.92 Å². The Morgan fingerprint density at radius 2 is 1.64 bits per heavy atom. The number of carbonyl (C=O) groups excluding carboxylic acids is 2. The first-order valence-corrected chi connectivity index (χ1v) is 8.28. The van der Waals surface area contributed by atoms with Gasteiger partial charge in [0.25, 0.3) is 0 Å². The van der Waals surface area contributed by atoms with Crippen molar-refractivity contribution >= 4 is 12.1 Å². The quantitative estimate of drug-likeness (QED) is 0.713. The molecule has 2 unspecified atom stereocenters. The summed E-state index contributed by atoms with van der Waals surface area (Å²) < 4.78 is 39.8. The summed E-state index contributed by atoms with van der Waals surface area (Å²) in [5.74, 6) is -1.01. The SMILES string of the molecule is CC(C)(C)OC(=O)N1CC(COC(F)F)CC1(C)C(=O)OC(C)(C)C. The lowest BCUT2D eigenvalue weighted by Gasteiger charge is -2.36. The summed E-state index contributed by atoms with van der Waals surface area (Å²) in [5, 5.41) is 0. The third kappa shape index (κ3) is 6.41. The van der Waals surface area contributed by atoms with Crippen molar-refractivity contribution in [3.63, 3.8) is 0 Å². The molecular formula is C17H29F2NO5. The minimum Gasteiger partial charge on any atom is -0.458 e. The minimum absolute atomic E-state index is 0.0807. The van der Waals surface area contributed by atoms with Crippen molar-refractivity contribution in [2.45, 2.75) is 78.2 Å². The van der Waals surface area contributed by atoms with E-state index in [1.807, 2.05) is 0 Å². The Bertz CT molecular complexity index is 498. The highest BCUT2D eigenvalue weighted by Crippen LogP contribution is 2.36. The van der Waals surface area contributed by atoms with Crippen LogP contribution in [-0.2, 0) is 19.0 Å². The second-order valence-corrected chi connectivity index (χ2v) is 8.53. The highest BCUT2D eigenvalue weighted by atomic mass is 19.3. The first-order valence-electron chi connectivity index (χ1n) is 8.28. The Labute approximate surface area is 147 Å². The van der Waals surface area contributed by atoms with Gasteiger partial charge >= 0.3 is 18.7 Å². The van der Waals surface area contributed by atoms with Crippen LogP contribution in [0.4, 0.5) is 13.6 Å². The fourth-order valence-electron chi connectivity index (χ4n) is 2.69. The van der Waals surface area contributed by atoms with Gasteiger partial charge in [-0.2, -0.15) is 8.78 Å². The summed E-state index contributed by atoms with van der Waals surface area (Å²) in [4.78, 5) is 26.5. The summed E-state index contributed by atoms with van der Waals surface area (Å²) in [6.45, 7) is 8.79. The zero-order valence-electron chi connectivity index (χ0n) is 16.0. The van der Waals surface area contributed by atoms with Gasteiger partial charge in [0.15, 0.2) is 0 Å². The van der Waals surface area contributed by atoms with Crippen molar-refractivity contribution in [3.8, 4) is 0 Å². The van der Waals surface area contributed by atoms with Crippen LogP contribution >= 0.6 is 0 Å². The van der Waals surface area contributed by atoms with Gasteiger partial charge in [0, 0.05) is 12.5 Å². The van der Waals surface area contributed by atoms with E-state index in [1.165, 1.54) is 4.90 Å². The van der Waals surface area contributed by atoms with E-state index >= 15 is 0 Å². The largest absolute Gasteiger partial charge is 0.458 e. The molecule has 0 saturated carbocycles. The topological polar surface area (TPSA) is 65.1 Å². The van der Waals surface area contributed by atoms with E-state index < -0.39 is 41.3 Å². The number of rotatable bonds is 4. The van der Waals surface area contributed by atoms with Crippen LogP contribution < -0.4 is 0 Å². The third-order valence-corrected chi connectivity index (χ3v) is 3.63. The zero-order chi connectivity index (χ0) is 19.6. The molecule has 146 valence electrons. The van der Waals surface area contributed by atoms with Gasteiger partial charge in [-0.1, -0.05) is 0 Å². The number of esters is 1. The minimum atomic E-state index is -2.90. The Kier molecular flexibility index (Phi) is 6.42. The maximum atomic E-state index is 12.7. The lowest BCUT2D eigenvalue weighted by Crippen LogP contribution is -2.54. The lowest BCUT2D eigenvalue weighted by atomic mass is 9.94. The summed E-state index contributed by atoms with van der Waals surface area (Å²) in [6, 6.07) is 0. The predicted octanol–water partition coefficient (Wildman–Crippen LogP) is 3.58. The average molecular weight is 365 g/mol. The van der Waals surface area contributed by atoms with Crippen LogP contribution in [0.3, 0.4) is 0 Å². The van der Waals surface area contributed by atoms with E-state index in [0.717, 1.165) is 0 Å². The Morgan fingerprint density at radius 3 is 2.08 bits per heavy atom. The number of likely N-dealkylation sites (tertiary alicyclic amines) is 1. The average Bonchev–Trinajstić information content (AvgIpc) is 2.71. The summed E-state index contributed by atoms with van der Waals surface area (Å²) >= 11 is 0. The Hall–Kier alpha value is -1.44. The van der Waals surface area contributed by atoms with Crippen LogP contribution in [-0.4, -0.2) is 53.5 Å². The fraction of sp³-hybridized carbons (Fsp3) is 0.882. The molecule has 25 heavy (non-hydrogen) atoms. The summed E-state index contributed by atoms with van der Waals surface area (Å²) in [6.07, 6.45) is -0.520. The van der Waals surface area contributed by atoms with Crippen LogP contribution in [0.2, 0.25) is 0 Å². The monoisotopic (exact) mass is 365 g/mol. The molecule has 0 aromatic rings. The molecule has 1 rings (SSSR count). The van der Waals surface area contributed by atoms with Crippen molar-refractivity contribution in [2.75, 3.05) is 13.2 Å². The van der Waals surface area contributed by atoms with Gasteiger partial charge in [0.05, 0.1) is 6.61 Å². The van der Waals surface area contributed by atoms with Gasteiger partial charge in [-0.25, -0.2) is 9.59 Å². The molecule has 0 aromatic carbocycles. The van der Waals surface area contributed by atoms with Gasteiger partial charge in [-0.3, -0.25) is 4.90 Å².